The number of benzene rings is 2. The smallest absolute Gasteiger partial charge is 0.416 e. The van der Waals surface area contributed by atoms with Gasteiger partial charge in [0, 0.05) is 36.3 Å². The molecule has 1 aliphatic rings. The van der Waals surface area contributed by atoms with Gasteiger partial charge in [-0.3, -0.25) is 0 Å². The maximum absolute atomic E-state index is 13.5. The maximum Gasteiger partial charge on any atom is 0.416 e. The summed E-state index contributed by atoms with van der Waals surface area (Å²) in [6.45, 7) is 0. The summed E-state index contributed by atoms with van der Waals surface area (Å²) in [5, 5.41) is 14.4. The summed E-state index contributed by atoms with van der Waals surface area (Å²) in [5.74, 6) is 1.65. The molecule has 0 atom stereocenters. The Morgan fingerprint density at radius 2 is 1.46 bits per heavy atom. The van der Waals surface area contributed by atoms with Gasteiger partial charge in [-0.05, 0) is 91.9 Å². The van der Waals surface area contributed by atoms with Crippen LogP contribution in [0.5, 0.6) is 11.6 Å². The molecule has 0 unspecified atom stereocenters. The molecule has 0 fully saturated rings. The molecule has 46 heavy (non-hydrogen) atoms. The molecule has 6 rings (SSSR count). The van der Waals surface area contributed by atoms with Crippen molar-refractivity contribution >= 4 is 17.5 Å². The van der Waals surface area contributed by atoms with Gasteiger partial charge in [0.05, 0.1) is 28.1 Å². The second-order valence-electron chi connectivity index (χ2n) is 10.5. The van der Waals surface area contributed by atoms with E-state index in [4.69, 9.17) is 4.74 Å². The fraction of sp³-hybridized carbons (Fsp3) is 0.219. The highest BCUT2D eigenvalue weighted by atomic mass is 19.4. The summed E-state index contributed by atoms with van der Waals surface area (Å²) in [6, 6.07) is 13.8. The van der Waals surface area contributed by atoms with Crippen LogP contribution in [-0.2, 0) is 25.2 Å². The van der Waals surface area contributed by atoms with Crippen molar-refractivity contribution in [2.45, 2.75) is 38.0 Å². The van der Waals surface area contributed by atoms with Gasteiger partial charge in [0.25, 0.3) is 0 Å². The van der Waals surface area contributed by atoms with Crippen LogP contribution in [0.15, 0.2) is 73.1 Å². The molecule has 0 radical (unpaired) electrons. The molecule has 3 heterocycles. The Hall–Kier alpha value is -5.27. The van der Waals surface area contributed by atoms with E-state index >= 15 is 0 Å². The lowest BCUT2D eigenvalue weighted by Crippen LogP contribution is -2.14. The third-order valence-electron chi connectivity index (χ3n) is 7.41. The summed E-state index contributed by atoms with van der Waals surface area (Å²) >= 11 is 0. The van der Waals surface area contributed by atoms with Gasteiger partial charge in [-0.1, -0.05) is 0 Å². The van der Waals surface area contributed by atoms with Crippen LogP contribution >= 0.6 is 0 Å². The number of nitrogens with zero attached hydrogens (tertiary/aromatic N) is 5. The lowest BCUT2D eigenvalue weighted by molar-refractivity contribution is -0.143. The van der Waals surface area contributed by atoms with Crippen LogP contribution in [0.3, 0.4) is 0 Å². The molecule has 0 saturated heterocycles. The summed E-state index contributed by atoms with van der Waals surface area (Å²) in [6.07, 6.45) is -4.24. The standard InChI is InChI=1S/C32H25F6N7O/c1-39-30-41-14-12-26(43-30)25-7-4-13-40-29(25)46-22-10-8-21(9-11-22)42-28-24-6-3-2-5-23(24)27(44-45-28)18-15-19(31(33,34)35)17-20(16-18)32(36,37)38/h4,7-17H,2-3,5-6H2,1H3,(H,42,45)(H,39,41,43). The third-order valence-corrected chi connectivity index (χ3v) is 7.41. The van der Waals surface area contributed by atoms with Crippen molar-refractivity contribution in [1.82, 2.24) is 25.1 Å². The summed E-state index contributed by atoms with van der Waals surface area (Å²) < 4.78 is 87.3. The van der Waals surface area contributed by atoms with Gasteiger partial charge in [-0.2, -0.15) is 26.3 Å². The summed E-state index contributed by atoms with van der Waals surface area (Å²) in [5.41, 5.74) is 0.112. The van der Waals surface area contributed by atoms with Crippen LogP contribution in [0.1, 0.15) is 35.1 Å². The van der Waals surface area contributed by atoms with Gasteiger partial charge in [-0.25, -0.2) is 15.0 Å². The third kappa shape index (κ3) is 6.55. The Labute approximate surface area is 258 Å². The highest BCUT2D eigenvalue weighted by Gasteiger charge is 2.37. The Balaban J connectivity index is 1.27. The minimum absolute atomic E-state index is 0.0114. The first-order chi connectivity index (χ1) is 22.0. The van der Waals surface area contributed by atoms with Crippen molar-refractivity contribution in [2.24, 2.45) is 0 Å². The SMILES string of the molecule is CNc1nccc(-c2cccnc2Oc2ccc(Nc3nnc(-c4cc(C(F)(F)F)cc(C(F)(F)F)c4)c4c3CCCC4)cc2)n1. The highest BCUT2D eigenvalue weighted by molar-refractivity contribution is 5.71. The zero-order valence-corrected chi connectivity index (χ0v) is 24.2. The fourth-order valence-corrected chi connectivity index (χ4v) is 5.22. The molecule has 5 aromatic rings. The number of pyridine rings is 1. The summed E-state index contributed by atoms with van der Waals surface area (Å²) in [4.78, 5) is 12.9. The average molecular weight is 638 g/mol. The Bertz CT molecular complexity index is 1850. The normalized spacial score (nSPS) is 13.2. The van der Waals surface area contributed by atoms with Gasteiger partial charge in [-0.15, -0.1) is 10.2 Å². The molecule has 0 saturated carbocycles. The van der Waals surface area contributed by atoms with E-state index in [0.717, 1.165) is 6.42 Å². The highest BCUT2D eigenvalue weighted by Crippen LogP contribution is 2.41. The molecular formula is C32H25F6N7O. The Kier molecular flexibility index (Phi) is 8.19. The number of rotatable bonds is 7. The molecule has 0 bridgehead atoms. The second kappa shape index (κ2) is 12.3. The van der Waals surface area contributed by atoms with E-state index in [1.165, 1.54) is 0 Å². The molecule has 2 aromatic carbocycles. The van der Waals surface area contributed by atoms with Crippen LogP contribution < -0.4 is 15.4 Å². The van der Waals surface area contributed by atoms with E-state index < -0.39 is 23.5 Å². The fourth-order valence-electron chi connectivity index (χ4n) is 5.22. The average Bonchev–Trinajstić information content (AvgIpc) is 3.05. The molecular weight excluding hydrogens is 612 g/mol. The number of alkyl halides is 6. The molecule has 236 valence electrons. The van der Waals surface area contributed by atoms with E-state index in [1.54, 1.807) is 55.8 Å². The van der Waals surface area contributed by atoms with E-state index in [2.05, 4.69) is 35.8 Å². The monoisotopic (exact) mass is 637 g/mol. The number of ether oxygens (including phenoxy) is 1. The van der Waals surface area contributed by atoms with Gasteiger partial charge in [0.15, 0.2) is 5.82 Å². The number of anilines is 3. The largest absolute Gasteiger partial charge is 0.438 e. The number of aromatic nitrogens is 5. The molecule has 3 aromatic heterocycles. The minimum Gasteiger partial charge on any atom is -0.438 e. The number of hydrogen-bond acceptors (Lipinski definition) is 8. The predicted molar refractivity (Wildman–Crippen MR) is 159 cm³/mol. The molecule has 14 heteroatoms. The van der Waals surface area contributed by atoms with Crippen molar-refractivity contribution in [2.75, 3.05) is 17.7 Å². The molecule has 0 aliphatic heterocycles. The summed E-state index contributed by atoms with van der Waals surface area (Å²) in [7, 11) is 1.72. The van der Waals surface area contributed by atoms with Crippen molar-refractivity contribution < 1.29 is 31.1 Å². The van der Waals surface area contributed by atoms with E-state index in [-0.39, 0.29) is 17.3 Å². The second-order valence-corrected chi connectivity index (χ2v) is 10.5. The van der Waals surface area contributed by atoms with Crippen LogP contribution in [0, 0.1) is 0 Å². The minimum atomic E-state index is -4.97. The number of hydrogen-bond donors (Lipinski definition) is 2. The first-order valence-corrected chi connectivity index (χ1v) is 14.2. The van der Waals surface area contributed by atoms with E-state index in [9.17, 15) is 26.3 Å². The van der Waals surface area contributed by atoms with Crippen LogP contribution in [-0.4, -0.2) is 32.2 Å². The molecule has 0 spiro atoms. The Morgan fingerprint density at radius 1 is 0.761 bits per heavy atom. The van der Waals surface area contributed by atoms with Crippen LogP contribution in [0.4, 0.5) is 43.8 Å². The number of fused-ring (bicyclic) bond motifs is 1. The zero-order valence-electron chi connectivity index (χ0n) is 24.2. The van der Waals surface area contributed by atoms with E-state index in [0.29, 0.717) is 82.9 Å². The topological polar surface area (TPSA) is 97.7 Å². The molecule has 8 nitrogen and oxygen atoms in total. The van der Waals surface area contributed by atoms with Crippen LogP contribution in [0.2, 0.25) is 0 Å². The maximum atomic E-state index is 13.5. The molecule has 2 N–H and O–H groups in total. The van der Waals surface area contributed by atoms with Crippen LogP contribution in [0.25, 0.3) is 22.5 Å². The van der Waals surface area contributed by atoms with Gasteiger partial charge in [0.2, 0.25) is 11.8 Å². The van der Waals surface area contributed by atoms with Gasteiger partial charge in [0.1, 0.15) is 5.75 Å². The first-order valence-electron chi connectivity index (χ1n) is 14.2. The van der Waals surface area contributed by atoms with Crippen molar-refractivity contribution in [3.63, 3.8) is 0 Å². The first kappa shape index (κ1) is 30.7. The number of nitrogens with one attached hydrogen (secondary N) is 2. The molecule has 0 amide bonds. The Morgan fingerprint density at radius 3 is 2.13 bits per heavy atom. The van der Waals surface area contributed by atoms with E-state index in [1.807, 2.05) is 6.07 Å². The van der Waals surface area contributed by atoms with Crippen molar-refractivity contribution in [1.29, 1.82) is 0 Å². The van der Waals surface area contributed by atoms with Crippen molar-refractivity contribution in [3.05, 3.63) is 95.3 Å². The van der Waals surface area contributed by atoms with Gasteiger partial charge >= 0.3 is 12.4 Å². The lowest BCUT2D eigenvalue weighted by Gasteiger charge is -2.22. The zero-order chi connectivity index (χ0) is 32.5. The molecule has 1 aliphatic carbocycles. The quantitative estimate of drug-likeness (QED) is 0.172. The predicted octanol–water partition coefficient (Wildman–Crippen LogP) is 8.49. The van der Waals surface area contributed by atoms with Crippen molar-refractivity contribution in [3.8, 4) is 34.1 Å². The lowest BCUT2D eigenvalue weighted by atomic mass is 9.88. The van der Waals surface area contributed by atoms with Gasteiger partial charge < -0.3 is 15.4 Å². The number of halogens is 6.